The summed E-state index contributed by atoms with van der Waals surface area (Å²) < 4.78 is 11.8. The minimum Gasteiger partial charge on any atom is -0.496 e. The molecule has 1 amide bonds. The van der Waals surface area contributed by atoms with Crippen LogP contribution in [0.1, 0.15) is 125 Å². The second kappa shape index (κ2) is 16.3. The van der Waals surface area contributed by atoms with E-state index in [2.05, 4.69) is 113 Å². The zero-order chi connectivity index (χ0) is 45.5. The molecule has 1 aliphatic heterocycles. The minimum absolute atomic E-state index is 0.0256. The van der Waals surface area contributed by atoms with Crippen LogP contribution >= 0.6 is 0 Å². The van der Waals surface area contributed by atoms with Crippen LogP contribution in [0.4, 0.5) is 0 Å². The number of hydrogen-bond acceptors (Lipinski definition) is 6. The van der Waals surface area contributed by atoms with E-state index in [9.17, 15) is 9.59 Å². The van der Waals surface area contributed by atoms with Gasteiger partial charge in [-0.2, -0.15) is 0 Å². The summed E-state index contributed by atoms with van der Waals surface area (Å²) in [5.41, 5.74) is 4.71. The van der Waals surface area contributed by atoms with Crippen LogP contribution in [0.5, 0.6) is 5.75 Å². The number of carbonyl (C=O) groups is 3. The van der Waals surface area contributed by atoms with E-state index in [0.717, 1.165) is 85.6 Å². The Kier molecular flexibility index (Phi) is 11.4. The second-order valence-corrected chi connectivity index (χ2v) is 23.1. The summed E-state index contributed by atoms with van der Waals surface area (Å²) in [4.78, 5) is 45.6. The van der Waals surface area contributed by atoms with Crippen LogP contribution < -0.4 is 4.74 Å². The molecule has 0 spiro atoms. The number of nitrogens with zero attached hydrogens (tertiary/aromatic N) is 2. The van der Waals surface area contributed by atoms with Crippen molar-refractivity contribution in [2.75, 3.05) is 39.8 Å². The Hall–Kier alpha value is -4.23. The van der Waals surface area contributed by atoms with Crippen molar-refractivity contribution in [1.29, 1.82) is 0 Å². The number of esters is 1. The highest BCUT2D eigenvalue weighted by Gasteiger charge is 2.69. The van der Waals surface area contributed by atoms with E-state index in [1.807, 2.05) is 18.2 Å². The fourth-order valence-electron chi connectivity index (χ4n) is 15.5. The van der Waals surface area contributed by atoms with E-state index >= 15 is 4.79 Å². The summed E-state index contributed by atoms with van der Waals surface area (Å²) in [6.45, 7) is 22.0. The van der Waals surface area contributed by atoms with Gasteiger partial charge >= 0.3 is 5.97 Å². The monoisotopic (exact) mass is 867 g/mol. The fraction of sp³-hybridized carbons (Fsp3) is 0.596. The first-order valence-corrected chi connectivity index (χ1v) is 24.6. The van der Waals surface area contributed by atoms with E-state index in [0.29, 0.717) is 50.5 Å². The number of carbonyl (C=O) groups excluding carboxylic acids is 3. The van der Waals surface area contributed by atoms with Crippen LogP contribution in [0, 0.1) is 50.2 Å². The topological polar surface area (TPSA) is 76.2 Å². The predicted octanol–water partition coefficient (Wildman–Crippen LogP) is 12.0. The first-order chi connectivity index (χ1) is 30.4. The molecule has 0 radical (unpaired) electrons. The molecule has 7 heteroatoms. The lowest BCUT2D eigenvalue weighted by Gasteiger charge is -2.71. The van der Waals surface area contributed by atoms with Crippen LogP contribution in [0.3, 0.4) is 0 Å². The molecule has 4 saturated carbocycles. The molecule has 7 nitrogen and oxygen atoms in total. The average Bonchev–Trinajstić information content (AvgIpc) is 3.26. The number of amides is 1. The number of hydrogen-bond donors (Lipinski definition) is 0. The molecule has 0 N–H and O–H groups in total. The molecule has 0 aromatic heterocycles. The van der Waals surface area contributed by atoms with E-state index in [1.165, 1.54) is 11.8 Å². The molecule has 3 aromatic rings. The van der Waals surface area contributed by atoms with Gasteiger partial charge in [-0.1, -0.05) is 115 Å². The second-order valence-electron chi connectivity index (χ2n) is 23.1. The Bertz CT molecular complexity index is 2380. The van der Waals surface area contributed by atoms with E-state index < -0.39 is 0 Å². The molecule has 1 saturated heterocycles. The number of ether oxygens (including phenoxy) is 2. The van der Waals surface area contributed by atoms with Crippen molar-refractivity contribution in [3.63, 3.8) is 0 Å². The maximum absolute atomic E-state index is 15.3. The lowest BCUT2D eigenvalue weighted by molar-refractivity contribution is -0.212. The van der Waals surface area contributed by atoms with Gasteiger partial charge in [-0.25, -0.2) is 0 Å². The summed E-state index contributed by atoms with van der Waals surface area (Å²) in [6.07, 6.45) is 16.8. The van der Waals surface area contributed by atoms with Crippen LogP contribution in [0.15, 0.2) is 78.4 Å². The molecule has 1 heterocycles. The zero-order valence-electron chi connectivity index (χ0n) is 40.4. The normalized spacial score (nSPS) is 34.5. The molecule has 5 aliphatic carbocycles. The van der Waals surface area contributed by atoms with Crippen molar-refractivity contribution in [2.24, 2.45) is 50.2 Å². The molecule has 5 fully saturated rings. The number of fused-ring (bicyclic) bond motifs is 8. The third-order valence-electron chi connectivity index (χ3n) is 19.2. The number of ketones is 1. The molecule has 9 rings (SSSR count). The third-order valence-corrected chi connectivity index (χ3v) is 19.2. The van der Waals surface area contributed by atoms with Gasteiger partial charge in [0.05, 0.1) is 19.1 Å². The number of rotatable bonds is 8. The van der Waals surface area contributed by atoms with Crippen LogP contribution in [-0.2, 0) is 19.1 Å². The quantitative estimate of drug-likeness (QED) is 0.128. The Labute approximate surface area is 383 Å². The highest BCUT2D eigenvalue weighted by Crippen LogP contribution is 2.76. The summed E-state index contributed by atoms with van der Waals surface area (Å²) >= 11 is 0. The maximum atomic E-state index is 15.3. The molecular formula is C57H74N2O5. The van der Waals surface area contributed by atoms with Crippen molar-refractivity contribution in [2.45, 2.75) is 126 Å². The molecule has 8 atom stereocenters. The molecule has 342 valence electrons. The van der Waals surface area contributed by atoms with Crippen molar-refractivity contribution in [1.82, 2.24) is 9.80 Å². The zero-order valence-corrected chi connectivity index (χ0v) is 40.4. The molecule has 0 unspecified atom stereocenters. The Morgan fingerprint density at radius 2 is 1.47 bits per heavy atom. The first kappa shape index (κ1) is 44.9. The van der Waals surface area contributed by atoms with Crippen LogP contribution in [0.2, 0.25) is 0 Å². The van der Waals surface area contributed by atoms with Gasteiger partial charge in [-0.3, -0.25) is 19.3 Å². The van der Waals surface area contributed by atoms with Gasteiger partial charge in [0, 0.05) is 44.1 Å². The van der Waals surface area contributed by atoms with Crippen molar-refractivity contribution >= 4 is 34.5 Å². The number of benzene rings is 3. The smallest absolute Gasteiger partial charge is 0.302 e. The fourth-order valence-corrected chi connectivity index (χ4v) is 15.5. The van der Waals surface area contributed by atoms with Crippen molar-refractivity contribution in [3.8, 4) is 16.9 Å². The summed E-state index contributed by atoms with van der Waals surface area (Å²) in [6, 6.07) is 20.8. The molecule has 64 heavy (non-hydrogen) atoms. The lowest BCUT2D eigenvalue weighted by atomic mass is 9.33. The number of allylic oxidation sites excluding steroid dienone is 2. The van der Waals surface area contributed by atoms with Gasteiger partial charge in [0.25, 0.3) is 0 Å². The van der Waals surface area contributed by atoms with Gasteiger partial charge in [0.2, 0.25) is 5.91 Å². The summed E-state index contributed by atoms with van der Waals surface area (Å²) in [7, 11) is 1.68. The molecule has 0 bridgehead atoms. The Balaban J connectivity index is 0.907. The van der Waals surface area contributed by atoms with Gasteiger partial charge < -0.3 is 14.4 Å². The third kappa shape index (κ3) is 7.20. The number of methoxy groups -OCH3 is 1. The summed E-state index contributed by atoms with van der Waals surface area (Å²) in [5.74, 6) is 2.29. The van der Waals surface area contributed by atoms with Crippen molar-refractivity contribution in [3.05, 3.63) is 84.0 Å². The van der Waals surface area contributed by atoms with Crippen molar-refractivity contribution < 1.29 is 23.9 Å². The predicted molar refractivity (Wildman–Crippen MR) is 258 cm³/mol. The van der Waals surface area contributed by atoms with Gasteiger partial charge in [-0.05, 0) is 144 Å². The van der Waals surface area contributed by atoms with Crippen LogP contribution in [-0.4, -0.2) is 73.4 Å². The highest BCUT2D eigenvalue weighted by molar-refractivity contribution is 6.01. The Morgan fingerprint density at radius 3 is 2.22 bits per heavy atom. The number of piperazine rings is 1. The SMILES string of the molecule is COc1cccc(-c2cccc3ccccc23)c1/C=C/C(=O)CN1CCN(C(=O)[C@]23CCC(C)(C)C[C@H]2C2=CC[C@@H]4[C@@]5(C)CC[C@H](OC(C)=O)C(C)(C)[C@@H]5CC[C@@]4(C)[C@]2(C)CC3)CC1. The Morgan fingerprint density at radius 1 is 0.766 bits per heavy atom. The first-order valence-electron chi connectivity index (χ1n) is 24.6. The van der Waals surface area contributed by atoms with E-state index in [-0.39, 0.29) is 56.3 Å². The largest absolute Gasteiger partial charge is 0.496 e. The van der Waals surface area contributed by atoms with Gasteiger partial charge in [0.1, 0.15) is 11.9 Å². The van der Waals surface area contributed by atoms with Crippen LogP contribution in [0.25, 0.3) is 28.0 Å². The maximum Gasteiger partial charge on any atom is 0.302 e. The lowest BCUT2D eigenvalue weighted by Crippen LogP contribution is -2.66. The molecular weight excluding hydrogens is 793 g/mol. The average molecular weight is 867 g/mol. The van der Waals surface area contributed by atoms with Gasteiger partial charge in [-0.15, -0.1) is 0 Å². The van der Waals surface area contributed by atoms with E-state index in [4.69, 9.17) is 9.47 Å². The standard InChI is InChI=1S/C57H74N2O5/c1-38(60)64-50-25-26-54(6)48(53(50,4)5)24-27-56(8)49(54)23-22-45-46-36-52(2,3)28-30-57(46,31-29-55(45,56)7)51(62)59-34-32-58(33-35-59)37-40(61)20-21-44-43(18-13-19-47(44)63-9)42-17-12-15-39-14-10-11-16-41(39)42/h10-22,46,48-50H,23-37H2,1-9H3/b21-20+/t46-,48-,49+,50-,54-,55+,56+,57-/m0/s1. The van der Waals surface area contributed by atoms with Gasteiger partial charge in [0.15, 0.2) is 5.78 Å². The molecule has 6 aliphatic rings. The summed E-state index contributed by atoms with van der Waals surface area (Å²) in [5, 5.41) is 2.33. The highest BCUT2D eigenvalue weighted by atomic mass is 16.5. The van der Waals surface area contributed by atoms with E-state index in [1.54, 1.807) is 25.7 Å². The minimum atomic E-state index is -0.369. The molecule has 3 aromatic carbocycles.